The van der Waals surface area contributed by atoms with Crippen LogP contribution in [0.1, 0.15) is 32.1 Å². The molecule has 0 amide bonds. The summed E-state index contributed by atoms with van der Waals surface area (Å²) >= 11 is 5.73. The second-order valence-corrected chi connectivity index (χ2v) is 5.06. The lowest BCUT2D eigenvalue weighted by atomic mass is 9.83. The summed E-state index contributed by atoms with van der Waals surface area (Å²) in [7, 11) is 0. The predicted molar refractivity (Wildman–Crippen MR) is 67.7 cm³/mol. The predicted octanol–water partition coefficient (Wildman–Crippen LogP) is 2.71. The van der Waals surface area contributed by atoms with Crippen molar-refractivity contribution in [3.8, 4) is 0 Å². The lowest BCUT2D eigenvalue weighted by Gasteiger charge is -2.30. The van der Waals surface area contributed by atoms with Crippen LogP contribution in [0.5, 0.6) is 0 Å². The van der Waals surface area contributed by atoms with Crippen LogP contribution < -0.4 is 5.49 Å². The monoisotopic (exact) mass is 270 g/mol. The molecule has 1 aromatic heterocycles. The van der Waals surface area contributed by atoms with Gasteiger partial charge in [-0.2, -0.15) is 0 Å². The van der Waals surface area contributed by atoms with Crippen LogP contribution in [0.3, 0.4) is 0 Å². The Labute approximate surface area is 110 Å². The number of alkyl halides is 1. The first-order chi connectivity index (χ1) is 8.53. The molecule has 1 fully saturated rings. The van der Waals surface area contributed by atoms with Crippen LogP contribution in [0.2, 0.25) is 5.15 Å². The number of nitrogens with zero attached hydrogens (tertiary/aromatic N) is 2. The van der Waals surface area contributed by atoms with E-state index in [0.717, 1.165) is 19.3 Å². The fourth-order valence-electron chi connectivity index (χ4n) is 2.29. The van der Waals surface area contributed by atoms with Crippen molar-refractivity contribution in [1.29, 1.82) is 10.8 Å². The average molecular weight is 271 g/mol. The normalized spacial score (nSPS) is 18.6. The van der Waals surface area contributed by atoms with Gasteiger partial charge in [0.1, 0.15) is 5.67 Å². The molecule has 0 aliphatic heterocycles. The van der Waals surface area contributed by atoms with E-state index in [9.17, 15) is 4.39 Å². The molecule has 0 bridgehead atoms. The minimum Gasteiger partial charge on any atom is -0.324 e. The van der Waals surface area contributed by atoms with Crippen LogP contribution in [0, 0.1) is 10.8 Å². The smallest absolute Gasteiger partial charge is 0.171 e. The van der Waals surface area contributed by atoms with Crippen molar-refractivity contribution in [2.24, 2.45) is 0 Å². The third kappa shape index (κ3) is 2.61. The number of hydrogen-bond donors (Lipinski definition) is 2. The largest absolute Gasteiger partial charge is 0.324 e. The molecule has 6 heteroatoms. The van der Waals surface area contributed by atoms with E-state index < -0.39 is 5.67 Å². The summed E-state index contributed by atoms with van der Waals surface area (Å²) in [5.41, 5.74) is -1.46. The third-order valence-electron chi connectivity index (χ3n) is 3.43. The van der Waals surface area contributed by atoms with Crippen molar-refractivity contribution in [2.45, 2.75) is 44.3 Å². The molecular weight excluding hydrogens is 255 g/mol. The summed E-state index contributed by atoms with van der Waals surface area (Å²) in [6.45, 7) is 0.0670. The fourth-order valence-corrected chi connectivity index (χ4v) is 2.46. The molecule has 1 aliphatic rings. The Balaban J connectivity index is 2.16. The van der Waals surface area contributed by atoms with Gasteiger partial charge in [0.15, 0.2) is 10.6 Å². The SMILES string of the molecule is N=C(Cn1ccnc(Cl)c1=N)C1(F)CCCCC1. The summed E-state index contributed by atoms with van der Waals surface area (Å²) in [5, 5.41) is 15.7. The lowest BCUT2D eigenvalue weighted by Crippen LogP contribution is -2.39. The molecule has 0 radical (unpaired) electrons. The van der Waals surface area contributed by atoms with Gasteiger partial charge in [0, 0.05) is 12.4 Å². The second-order valence-electron chi connectivity index (χ2n) is 4.70. The maximum absolute atomic E-state index is 14.5. The highest BCUT2D eigenvalue weighted by molar-refractivity contribution is 6.29. The summed E-state index contributed by atoms with van der Waals surface area (Å²) < 4.78 is 16.0. The molecule has 0 atom stereocenters. The molecule has 0 saturated heterocycles. The maximum Gasteiger partial charge on any atom is 0.171 e. The molecular formula is C12H16ClFN4. The zero-order chi connectivity index (χ0) is 13.2. The number of halogens is 2. The minimum atomic E-state index is -1.51. The maximum atomic E-state index is 14.5. The molecule has 4 nitrogen and oxygen atoms in total. The van der Waals surface area contributed by atoms with E-state index in [4.69, 9.17) is 22.4 Å². The number of rotatable bonds is 3. The Morgan fingerprint density at radius 3 is 2.78 bits per heavy atom. The molecule has 1 saturated carbocycles. The van der Waals surface area contributed by atoms with Gasteiger partial charge in [-0.1, -0.05) is 18.0 Å². The van der Waals surface area contributed by atoms with Gasteiger partial charge in [0.05, 0.1) is 12.3 Å². The molecule has 0 aromatic carbocycles. The molecule has 1 aromatic rings. The molecule has 1 aliphatic carbocycles. The van der Waals surface area contributed by atoms with Crippen molar-refractivity contribution < 1.29 is 4.39 Å². The summed E-state index contributed by atoms with van der Waals surface area (Å²) in [4.78, 5) is 3.77. The standard InChI is InChI=1S/C12H16ClFN4/c13-10-11(16)18(7-6-17-10)8-9(15)12(14)4-2-1-3-5-12/h6-7,15-16H,1-5,8H2. The fraction of sp³-hybridized carbons (Fsp3) is 0.583. The highest BCUT2D eigenvalue weighted by atomic mass is 35.5. The van der Waals surface area contributed by atoms with E-state index in [1.165, 1.54) is 10.8 Å². The van der Waals surface area contributed by atoms with Gasteiger partial charge in [-0.25, -0.2) is 9.37 Å². The van der Waals surface area contributed by atoms with Gasteiger partial charge >= 0.3 is 0 Å². The van der Waals surface area contributed by atoms with Crippen LogP contribution >= 0.6 is 11.6 Å². The number of aromatic nitrogens is 2. The Hall–Kier alpha value is -1.23. The van der Waals surface area contributed by atoms with Crippen molar-refractivity contribution in [2.75, 3.05) is 0 Å². The van der Waals surface area contributed by atoms with Crippen LogP contribution in [0.15, 0.2) is 12.4 Å². The van der Waals surface area contributed by atoms with Crippen molar-refractivity contribution in [3.05, 3.63) is 23.0 Å². The first kappa shape index (κ1) is 13.2. The molecule has 2 rings (SSSR count). The number of nitrogens with one attached hydrogen (secondary N) is 2. The highest BCUT2D eigenvalue weighted by Crippen LogP contribution is 2.33. The van der Waals surface area contributed by atoms with Gasteiger partial charge in [-0.3, -0.25) is 5.41 Å². The molecule has 1 heterocycles. The van der Waals surface area contributed by atoms with Gasteiger partial charge in [0.25, 0.3) is 0 Å². The van der Waals surface area contributed by atoms with Crippen LogP contribution in [0.4, 0.5) is 4.39 Å². The second kappa shape index (κ2) is 5.18. The molecule has 0 unspecified atom stereocenters. The zero-order valence-corrected chi connectivity index (χ0v) is 10.8. The van der Waals surface area contributed by atoms with E-state index in [0.29, 0.717) is 12.8 Å². The first-order valence-electron chi connectivity index (χ1n) is 6.05. The topological polar surface area (TPSA) is 65.5 Å². The van der Waals surface area contributed by atoms with Crippen molar-refractivity contribution in [1.82, 2.24) is 9.55 Å². The lowest BCUT2D eigenvalue weighted by molar-refractivity contribution is 0.180. The Kier molecular flexibility index (Phi) is 3.80. The molecule has 0 spiro atoms. The molecule has 98 valence electrons. The summed E-state index contributed by atoms with van der Waals surface area (Å²) in [5.74, 6) is 0. The summed E-state index contributed by atoms with van der Waals surface area (Å²) in [6, 6.07) is 0. The van der Waals surface area contributed by atoms with Gasteiger partial charge in [-0.05, 0) is 25.7 Å². The zero-order valence-electron chi connectivity index (χ0n) is 10.0. The minimum absolute atomic E-state index is 0.0170. The van der Waals surface area contributed by atoms with Gasteiger partial charge < -0.3 is 9.98 Å². The van der Waals surface area contributed by atoms with E-state index >= 15 is 0 Å². The van der Waals surface area contributed by atoms with Gasteiger partial charge in [0.2, 0.25) is 0 Å². The van der Waals surface area contributed by atoms with E-state index in [-0.39, 0.29) is 22.9 Å². The number of hydrogen-bond acceptors (Lipinski definition) is 3. The van der Waals surface area contributed by atoms with Gasteiger partial charge in [-0.15, -0.1) is 0 Å². The first-order valence-corrected chi connectivity index (χ1v) is 6.43. The molecule has 2 N–H and O–H groups in total. The van der Waals surface area contributed by atoms with Crippen LogP contribution in [0.25, 0.3) is 0 Å². The van der Waals surface area contributed by atoms with Crippen molar-refractivity contribution in [3.63, 3.8) is 0 Å². The third-order valence-corrected chi connectivity index (χ3v) is 3.71. The van der Waals surface area contributed by atoms with E-state index in [1.54, 1.807) is 6.20 Å². The quantitative estimate of drug-likeness (QED) is 0.815. The van der Waals surface area contributed by atoms with Crippen LogP contribution in [-0.4, -0.2) is 20.9 Å². The Morgan fingerprint density at radius 2 is 2.11 bits per heavy atom. The average Bonchev–Trinajstić information content (AvgIpc) is 2.36. The highest BCUT2D eigenvalue weighted by Gasteiger charge is 2.36. The van der Waals surface area contributed by atoms with E-state index in [1.807, 2.05) is 0 Å². The van der Waals surface area contributed by atoms with Crippen LogP contribution in [-0.2, 0) is 6.54 Å². The van der Waals surface area contributed by atoms with E-state index in [2.05, 4.69) is 4.98 Å². The van der Waals surface area contributed by atoms with Crippen molar-refractivity contribution >= 4 is 17.3 Å². The molecule has 18 heavy (non-hydrogen) atoms. The Morgan fingerprint density at radius 1 is 1.44 bits per heavy atom. The Bertz CT molecular complexity index is 505. The summed E-state index contributed by atoms with van der Waals surface area (Å²) in [6.07, 6.45) is 6.53.